The first-order chi connectivity index (χ1) is 9.31. The lowest BCUT2D eigenvalue weighted by atomic mass is 9.84. The van der Waals surface area contributed by atoms with E-state index in [4.69, 9.17) is 4.74 Å². The maximum absolute atomic E-state index is 5.06. The molecule has 0 aromatic heterocycles. The molecule has 0 heterocycles. The highest BCUT2D eigenvalue weighted by atomic mass is 16.5. The summed E-state index contributed by atoms with van der Waals surface area (Å²) in [6.45, 7) is 3.89. The van der Waals surface area contributed by atoms with Crippen molar-refractivity contribution in [1.82, 2.24) is 5.32 Å². The van der Waals surface area contributed by atoms with Gasteiger partial charge in [-0.3, -0.25) is 0 Å². The topological polar surface area (TPSA) is 21.3 Å². The van der Waals surface area contributed by atoms with Crippen LogP contribution in [0.15, 0.2) is 24.3 Å². The average Bonchev–Trinajstić information content (AvgIpc) is 2.48. The second kappa shape index (κ2) is 7.66. The van der Waals surface area contributed by atoms with Gasteiger partial charge in [-0.1, -0.05) is 43.5 Å². The molecule has 1 atom stereocenters. The molecule has 1 unspecified atom stereocenters. The Kier molecular flexibility index (Phi) is 5.87. The molecule has 2 nitrogen and oxygen atoms in total. The molecule has 1 fully saturated rings. The van der Waals surface area contributed by atoms with Crippen LogP contribution in [-0.2, 0) is 4.74 Å². The fourth-order valence-corrected chi connectivity index (χ4v) is 2.99. The average molecular weight is 261 g/mol. The predicted octanol–water partition coefficient (Wildman–Crippen LogP) is 4.03. The Bertz CT molecular complexity index is 354. The third-order valence-corrected chi connectivity index (χ3v) is 4.27. The van der Waals surface area contributed by atoms with Gasteiger partial charge >= 0.3 is 0 Å². The van der Waals surface area contributed by atoms with E-state index in [2.05, 4.69) is 36.5 Å². The molecule has 1 aliphatic carbocycles. The van der Waals surface area contributed by atoms with Gasteiger partial charge in [-0.2, -0.15) is 0 Å². The van der Waals surface area contributed by atoms with Gasteiger partial charge in [-0.15, -0.1) is 0 Å². The minimum atomic E-state index is 0.399. The lowest BCUT2D eigenvalue weighted by molar-refractivity contribution is 0.196. The van der Waals surface area contributed by atoms with Crippen LogP contribution in [0.4, 0.5) is 0 Å². The van der Waals surface area contributed by atoms with Gasteiger partial charge in [0.1, 0.15) is 0 Å². The van der Waals surface area contributed by atoms with E-state index in [-0.39, 0.29) is 0 Å². The second-order valence-corrected chi connectivity index (χ2v) is 5.67. The maximum atomic E-state index is 5.06. The fourth-order valence-electron chi connectivity index (χ4n) is 2.99. The number of rotatable bonds is 6. The van der Waals surface area contributed by atoms with Crippen molar-refractivity contribution in [2.75, 3.05) is 20.3 Å². The zero-order valence-electron chi connectivity index (χ0n) is 12.3. The largest absolute Gasteiger partial charge is 0.383 e. The van der Waals surface area contributed by atoms with Crippen LogP contribution < -0.4 is 5.32 Å². The van der Waals surface area contributed by atoms with E-state index in [9.17, 15) is 0 Å². The number of methoxy groups -OCH3 is 1. The lowest BCUT2D eigenvalue weighted by Crippen LogP contribution is -2.22. The summed E-state index contributed by atoms with van der Waals surface area (Å²) in [7, 11) is 1.74. The molecule has 0 spiro atoms. The monoisotopic (exact) mass is 261 g/mol. The molecule has 0 amide bonds. The lowest BCUT2D eigenvalue weighted by Gasteiger charge is -2.22. The summed E-state index contributed by atoms with van der Waals surface area (Å²) in [4.78, 5) is 0. The summed E-state index contributed by atoms with van der Waals surface area (Å²) in [5.41, 5.74) is 2.91. The first-order valence-electron chi connectivity index (χ1n) is 7.63. The Morgan fingerprint density at radius 3 is 2.47 bits per heavy atom. The van der Waals surface area contributed by atoms with Crippen molar-refractivity contribution in [3.63, 3.8) is 0 Å². The van der Waals surface area contributed by atoms with Gasteiger partial charge in [0.05, 0.1) is 6.61 Å². The molecular formula is C17H27NO. The van der Waals surface area contributed by atoms with Crippen molar-refractivity contribution in [2.45, 2.75) is 51.0 Å². The fraction of sp³-hybridized carbons (Fsp3) is 0.647. The maximum Gasteiger partial charge on any atom is 0.0587 e. The Morgan fingerprint density at radius 1 is 1.16 bits per heavy atom. The highest BCUT2D eigenvalue weighted by molar-refractivity contribution is 5.27. The van der Waals surface area contributed by atoms with Crippen molar-refractivity contribution in [3.05, 3.63) is 35.4 Å². The molecule has 2 rings (SSSR count). The van der Waals surface area contributed by atoms with Crippen molar-refractivity contribution in [2.24, 2.45) is 0 Å². The van der Waals surface area contributed by atoms with E-state index in [0.717, 1.165) is 19.1 Å². The van der Waals surface area contributed by atoms with Crippen molar-refractivity contribution >= 4 is 0 Å². The third kappa shape index (κ3) is 4.32. The highest BCUT2D eigenvalue weighted by Crippen LogP contribution is 2.32. The molecule has 19 heavy (non-hydrogen) atoms. The number of ether oxygens (including phenoxy) is 1. The Hall–Kier alpha value is -0.860. The van der Waals surface area contributed by atoms with Gasteiger partial charge in [0, 0.05) is 19.7 Å². The molecule has 1 aromatic carbocycles. The van der Waals surface area contributed by atoms with Gasteiger partial charge in [0.2, 0.25) is 0 Å². The molecule has 1 N–H and O–H groups in total. The van der Waals surface area contributed by atoms with Crippen LogP contribution in [0.3, 0.4) is 0 Å². The Morgan fingerprint density at radius 2 is 1.84 bits per heavy atom. The molecule has 0 radical (unpaired) electrons. The number of hydrogen-bond donors (Lipinski definition) is 1. The van der Waals surface area contributed by atoms with Gasteiger partial charge in [0.15, 0.2) is 0 Å². The minimum Gasteiger partial charge on any atom is -0.383 e. The smallest absolute Gasteiger partial charge is 0.0587 e. The van der Waals surface area contributed by atoms with Crippen LogP contribution in [0.25, 0.3) is 0 Å². The number of nitrogens with one attached hydrogen (secondary N) is 1. The van der Waals surface area contributed by atoms with E-state index in [1.165, 1.54) is 43.2 Å². The van der Waals surface area contributed by atoms with Crippen molar-refractivity contribution in [3.8, 4) is 0 Å². The summed E-state index contributed by atoms with van der Waals surface area (Å²) in [6.07, 6.45) is 6.99. The van der Waals surface area contributed by atoms with Crippen LogP contribution in [0.5, 0.6) is 0 Å². The van der Waals surface area contributed by atoms with Crippen LogP contribution in [0, 0.1) is 0 Å². The van der Waals surface area contributed by atoms with Crippen LogP contribution in [0.1, 0.15) is 62.1 Å². The van der Waals surface area contributed by atoms with Gasteiger partial charge in [-0.25, -0.2) is 0 Å². The molecule has 0 aliphatic heterocycles. The van der Waals surface area contributed by atoms with E-state index >= 15 is 0 Å². The first-order valence-corrected chi connectivity index (χ1v) is 7.63. The standard InChI is InChI=1S/C17H27NO/c1-14(18-12-13-19-2)15-8-10-17(11-9-15)16-6-4-3-5-7-16/h8-11,14,16,18H,3-7,12-13H2,1-2H3. The zero-order chi connectivity index (χ0) is 13.5. The number of benzene rings is 1. The quantitative estimate of drug-likeness (QED) is 0.781. The highest BCUT2D eigenvalue weighted by Gasteiger charge is 2.15. The Balaban J connectivity index is 1.89. The second-order valence-electron chi connectivity index (χ2n) is 5.67. The van der Waals surface area contributed by atoms with Crippen LogP contribution in [0.2, 0.25) is 0 Å². The summed E-state index contributed by atoms with van der Waals surface area (Å²) in [6, 6.07) is 9.64. The third-order valence-electron chi connectivity index (χ3n) is 4.27. The van der Waals surface area contributed by atoms with Crippen molar-refractivity contribution in [1.29, 1.82) is 0 Å². The van der Waals surface area contributed by atoms with Gasteiger partial charge in [-0.05, 0) is 36.8 Å². The minimum absolute atomic E-state index is 0.399. The first kappa shape index (κ1) is 14.5. The number of hydrogen-bond acceptors (Lipinski definition) is 2. The van der Waals surface area contributed by atoms with Crippen molar-refractivity contribution < 1.29 is 4.74 Å². The van der Waals surface area contributed by atoms with Gasteiger partial charge in [0.25, 0.3) is 0 Å². The van der Waals surface area contributed by atoms with E-state index in [0.29, 0.717) is 6.04 Å². The molecule has 2 heteroatoms. The summed E-state index contributed by atoms with van der Waals surface area (Å²) in [5, 5.41) is 3.47. The summed E-state index contributed by atoms with van der Waals surface area (Å²) in [5.74, 6) is 0.805. The van der Waals surface area contributed by atoms with E-state index in [1.54, 1.807) is 7.11 Å². The molecule has 1 aliphatic rings. The Labute approximate surface area is 117 Å². The van der Waals surface area contributed by atoms with E-state index in [1.807, 2.05) is 0 Å². The molecule has 106 valence electrons. The molecule has 0 saturated heterocycles. The van der Waals surface area contributed by atoms with Crippen LogP contribution >= 0.6 is 0 Å². The molecule has 1 aromatic rings. The zero-order valence-corrected chi connectivity index (χ0v) is 12.3. The van der Waals surface area contributed by atoms with Crippen LogP contribution in [-0.4, -0.2) is 20.3 Å². The van der Waals surface area contributed by atoms with Gasteiger partial charge < -0.3 is 10.1 Å². The summed E-state index contributed by atoms with van der Waals surface area (Å²) < 4.78 is 5.06. The summed E-state index contributed by atoms with van der Waals surface area (Å²) >= 11 is 0. The molecule has 0 bridgehead atoms. The normalized spacial score (nSPS) is 18.4. The predicted molar refractivity (Wildman–Crippen MR) is 80.6 cm³/mol. The van der Waals surface area contributed by atoms with E-state index < -0.39 is 0 Å². The molecular weight excluding hydrogens is 234 g/mol. The molecule has 1 saturated carbocycles. The SMILES string of the molecule is COCCNC(C)c1ccc(C2CCCCC2)cc1.